The zero-order valence-corrected chi connectivity index (χ0v) is 18.3. The maximum atomic E-state index is 14.4. The Kier molecular flexibility index (Phi) is 9.68. The van der Waals surface area contributed by atoms with Crippen LogP contribution in [-0.2, 0) is 9.59 Å². The van der Waals surface area contributed by atoms with Gasteiger partial charge in [0.1, 0.15) is 17.1 Å². The number of benzene rings is 1. The van der Waals surface area contributed by atoms with Crippen molar-refractivity contribution in [3.05, 3.63) is 47.2 Å². The molecule has 34 heavy (non-hydrogen) atoms. The van der Waals surface area contributed by atoms with Crippen molar-refractivity contribution in [2.24, 2.45) is 5.92 Å². The number of carbonyl (C=O) groups is 4. The molecular formula is C22H25F2N3O7. The maximum absolute atomic E-state index is 14.4. The Balaban J connectivity index is 2.00. The normalized spacial score (nSPS) is 11.5. The summed E-state index contributed by atoms with van der Waals surface area (Å²) < 4.78 is 33.3. The second kappa shape index (κ2) is 12.4. The average Bonchev–Trinajstić information content (AvgIpc) is 3.28. The number of carboxylic acid groups (broad SMARTS) is 1. The van der Waals surface area contributed by atoms with Gasteiger partial charge in [-0.25, -0.2) is 18.6 Å². The summed E-state index contributed by atoms with van der Waals surface area (Å²) in [5.74, 6) is -6.75. The summed E-state index contributed by atoms with van der Waals surface area (Å²) >= 11 is 0. The SMILES string of the molecule is CCCCCC(CN(O)C=O)C(=O)NCNC(=O)c1ccc(-c2ccc(F)c(C(=O)O)c2F)o1. The summed E-state index contributed by atoms with van der Waals surface area (Å²) in [6.07, 6.45) is 3.13. The minimum absolute atomic E-state index is 0.193. The van der Waals surface area contributed by atoms with E-state index in [0.717, 1.165) is 25.0 Å². The van der Waals surface area contributed by atoms with Crippen molar-refractivity contribution in [3.63, 3.8) is 0 Å². The van der Waals surface area contributed by atoms with Crippen molar-refractivity contribution in [2.45, 2.75) is 32.6 Å². The predicted octanol–water partition coefficient (Wildman–Crippen LogP) is 2.77. The maximum Gasteiger partial charge on any atom is 0.341 e. The fourth-order valence-corrected chi connectivity index (χ4v) is 3.20. The second-order valence-corrected chi connectivity index (χ2v) is 7.40. The third-order valence-corrected chi connectivity index (χ3v) is 4.97. The number of hydrogen-bond donors (Lipinski definition) is 4. The highest BCUT2D eigenvalue weighted by Gasteiger charge is 2.23. The lowest BCUT2D eigenvalue weighted by atomic mass is 10.0. The van der Waals surface area contributed by atoms with E-state index in [4.69, 9.17) is 9.52 Å². The number of halogens is 2. The van der Waals surface area contributed by atoms with Crippen LogP contribution in [0.3, 0.4) is 0 Å². The van der Waals surface area contributed by atoms with E-state index in [1.807, 2.05) is 6.92 Å². The Hall–Kier alpha value is -3.80. The molecule has 4 N–H and O–H groups in total. The van der Waals surface area contributed by atoms with Crippen molar-refractivity contribution in [1.82, 2.24) is 15.7 Å². The molecule has 3 amide bonds. The number of furan rings is 1. The monoisotopic (exact) mass is 481 g/mol. The van der Waals surface area contributed by atoms with Crippen molar-refractivity contribution in [3.8, 4) is 11.3 Å². The summed E-state index contributed by atoms with van der Waals surface area (Å²) in [6, 6.07) is 4.18. The van der Waals surface area contributed by atoms with E-state index in [1.165, 1.54) is 12.1 Å². The van der Waals surface area contributed by atoms with Crippen LogP contribution in [0.25, 0.3) is 11.3 Å². The Morgan fingerprint density at radius 3 is 2.53 bits per heavy atom. The molecule has 2 rings (SSSR count). The van der Waals surface area contributed by atoms with Crippen molar-refractivity contribution in [1.29, 1.82) is 0 Å². The smallest absolute Gasteiger partial charge is 0.341 e. The van der Waals surface area contributed by atoms with Crippen molar-refractivity contribution < 1.29 is 42.7 Å². The van der Waals surface area contributed by atoms with Gasteiger partial charge < -0.3 is 20.2 Å². The van der Waals surface area contributed by atoms with Crippen LogP contribution in [0.1, 0.15) is 53.5 Å². The molecule has 1 atom stereocenters. The van der Waals surface area contributed by atoms with Gasteiger partial charge in [-0.1, -0.05) is 26.2 Å². The van der Waals surface area contributed by atoms with Gasteiger partial charge in [-0.05, 0) is 30.7 Å². The number of aromatic carboxylic acids is 1. The molecule has 10 nitrogen and oxygen atoms in total. The summed E-state index contributed by atoms with van der Waals surface area (Å²) in [5.41, 5.74) is -1.49. The fraction of sp³-hybridized carbons (Fsp3) is 0.364. The summed E-state index contributed by atoms with van der Waals surface area (Å²) in [7, 11) is 0. The quantitative estimate of drug-likeness (QED) is 0.113. The standard InChI is InChI=1S/C22H25F2N3O7/c1-2-3-4-5-13(10-27(33)12-28)20(29)25-11-26-21(30)17-9-8-16(34-17)14-6-7-15(23)18(19(14)24)22(31)32/h6-9,12-13,33H,2-5,10-11H2,1H3,(H,25,29)(H,26,30)(H,31,32). The second-order valence-electron chi connectivity index (χ2n) is 7.40. The third kappa shape index (κ3) is 6.85. The van der Waals surface area contributed by atoms with Gasteiger partial charge in [-0.3, -0.25) is 19.6 Å². The molecule has 12 heteroatoms. The predicted molar refractivity (Wildman–Crippen MR) is 114 cm³/mol. The number of hydrogen-bond acceptors (Lipinski definition) is 6. The zero-order chi connectivity index (χ0) is 25.3. The van der Waals surface area contributed by atoms with Gasteiger partial charge in [0.25, 0.3) is 5.91 Å². The van der Waals surface area contributed by atoms with Gasteiger partial charge in [-0.15, -0.1) is 0 Å². The van der Waals surface area contributed by atoms with Crippen LogP contribution >= 0.6 is 0 Å². The van der Waals surface area contributed by atoms with Crippen molar-refractivity contribution in [2.75, 3.05) is 13.2 Å². The minimum Gasteiger partial charge on any atom is -0.477 e. The van der Waals surface area contributed by atoms with Crippen LogP contribution in [-0.4, -0.2) is 52.8 Å². The van der Waals surface area contributed by atoms with Gasteiger partial charge >= 0.3 is 5.97 Å². The molecule has 1 heterocycles. The molecule has 1 aromatic carbocycles. The minimum atomic E-state index is -1.79. The molecule has 0 aliphatic carbocycles. The Morgan fingerprint density at radius 2 is 1.88 bits per heavy atom. The van der Waals surface area contributed by atoms with Gasteiger partial charge in [-0.2, -0.15) is 0 Å². The molecule has 1 aromatic heterocycles. The lowest BCUT2D eigenvalue weighted by Gasteiger charge is -2.19. The van der Waals surface area contributed by atoms with E-state index >= 15 is 0 Å². The number of carbonyl (C=O) groups excluding carboxylic acids is 3. The first-order chi connectivity index (χ1) is 16.2. The topological polar surface area (TPSA) is 149 Å². The number of carboxylic acids is 1. The van der Waals surface area contributed by atoms with Gasteiger partial charge in [0.05, 0.1) is 24.7 Å². The van der Waals surface area contributed by atoms with E-state index in [9.17, 15) is 33.2 Å². The van der Waals surface area contributed by atoms with E-state index < -0.39 is 40.9 Å². The first-order valence-corrected chi connectivity index (χ1v) is 10.5. The van der Waals surface area contributed by atoms with Gasteiger partial charge in [0, 0.05) is 0 Å². The Labute approximate surface area is 193 Å². The van der Waals surface area contributed by atoms with Crippen LogP contribution in [0, 0.1) is 17.6 Å². The molecule has 1 unspecified atom stereocenters. The van der Waals surface area contributed by atoms with Crippen LogP contribution < -0.4 is 10.6 Å². The first kappa shape index (κ1) is 26.5. The number of hydroxylamine groups is 2. The zero-order valence-electron chi connectivity index (χ0n) is 18.3. The highest BCUT2D eigenvalue weighted by molar-refractivity contribution is 5.93. The largest absolute Gasteiger partial charge is 0.477 e. The van der Waals surface area contributed by atoms with Crippen LogP contribution in [0.4, 0.5) is 8.78 Å². The molecule has 0 saturated heterocycles. The lowest BCUT2D eigenvalue weighted by Crippen LogP contribution is -2.42. The Morgan fingerprint density at radius 1 is 1.15 bits per heavy atom. The third-order valence-electron chi connectivity index (χ3n) is 4.97. The lowest BCUT2D eigenvalue weighted by molar-refractivity contribution is -0.154. The van der Waals surface area contributed by atoms with Crippen LogP contribution in [0.15, 0.2) is 28.7 Å². The van der Waals surface area contributed by atoms with E-state index in [-0.39, 0.29) is 36.7 Å². The van der Waals surface area contributed by atoms with Crippen LogP contribution in [0.2, 0.25) is 0 Å². The Bertz CT molecular complexity index is 1040. The molecule has 0 aliphatic heterocycles. The molecule has 184 valence electrons. The van der Waals surface area contributed by atoms with E-state index in [2.05, 4.69) is 10.6 Å². The number of unbranched alkanes of at least 4 members (excludes halogenated alkanes) is 2. The first-order valence-electron chi connectivity index (χ1n) is 10.5. The number of amides is 3. The fourth-order valence-electron chi connectivity index (χ4n) is 3.20. The average molecular weight is 481 g/mol. The molecular weight excluding hydrogens is 456 g/mol. The number of nitrogens with zero attached hydrogens (tertiary/aromatic N) is 1. The van der Waals surface area contributed by atoms with E-state index in [0.29, 0.717) is 17.9 Å². The van der Waals surface area contributed by atoms with Crippen LogP contribution in [0.5, 0.6) is 0 Å². The molecule has 0 bridgehead atoms. The molecule has 0 saturated carbocycles. The summed E-state index contributed by atoms with van der Waals surface area (Å²) in [4.78, 5) is 46.4. The molecule has 0 aliphatic rings. The highest BCUT2D eigenvalue weighted by Crippen LogP contribution is 2.28. The van der Waals surface area contributed by atoms with Crippen molar-refractivity contribution >= 4 is 24.2 Å². The number of rotatable bonds is 13. The molecule has 0 radical (unpaired) electrons. The molecule has 0 spiro atoms. The summed E-state index contributed by atoms with van der Waals surface area (Å²) in [5, 5.41) is 23.6. The highest BCUT2D eigenvalue weighted by atomic mass is 19.1. The summed E-state index contributed by atoms with van der Waals surface area (Å²) in [6.45, 7) is 1.50. The van der Waals surface area contributed by atoms with E-state index in [1.54, 1.807) is 0 Å². The molecule has 0 fully saturated rings. The van der Waals surface area contributed by atoms with Gasteiger partial charge in [0.15, 0.2) is 11.6 Å². The number of nitrogens with one attached hydrogen (secondary N) is 2. The van der Waals surface area contributed by atoms with Gasteiger partial charge in [0.2, 0.25) is 12.3 Å². The molecule has 2 aromatic rings.